The zero-order chi connectivity index (χ0) is 13.1. The molecule has 0 bridgehead atoms. The smallest absolute Gasteiger partial charge is 0.304 e. The molecule has 0 saturated carbocycles. The summed E-state index contributed by atoms with van der Waals surface area (Å²) in [4.78, 5) is 10.7. The summed E-state index contributed by atoms with van der Waals surface area (Å²) < 4.78 is 0. The molecule has 2 nitrogen and oxygen atoms in total. The van der Waals surface area contributed by atoms with E-state index in [0.29, 0.717) is 0 Å². The van der Waals surface area contributed by atoms with Crippen LogP contribution in [0.5, 0.6) is 0 Å². The summed E-state index contributed by atoms with van der Waals surface area (Å²) in [6, 6.07) is 8.12. The average Bonchev–Trinajstić information content (AvgIpc) is 2.24. The minimum atomic E-state index is -0.796. The Kier molecular flexibility index (Phi) is 4.11. The lowest BCUT2D eigenvalue weighted by atomic mass is 9.85. The highest BCUT2D eigenvalue weighted by Crippen LogP contribution is 2.26. The second-order valence-corrected chi connectivity index (χ2v) is 5.31. The fraction of sp³-hybridized carbons (Fsp3) is 0.400. The maximum absolute atomic E-state index is 10.7. The number of hydrogen-bond donors (Lipinski definition) is 1. The number of aliphatic carboxylic acids is 1. The molecule has 0 aromatic heterocycles. The van der Waals surface area contributed by atoms with Gasteiger partial charge in [0.15, 0.2) is 0 Å². The monoisotopic (exact) mass is 232 g/mol. The number of carboxylic acid groups (broad SMARTS) is 1. The van der Waals surface area contributed by atoms with Crippen LogP contribution in [0.4, 0.5) is 0 Å². The molecule has 1 N–H and O–H groups in total. The van der Waals surface area contributed by atoms with Crippen molar-refractivity contribution in [1.82, 2.24) is 0 Å². The maximum Gasteiger partial charge on any atom is 0.304 e. The number of allylic oxidation sites excluding steroid dienone is 1. The van der Waals surface area contributed by atoms with Gasteiger partial charge in [0.1, 0.15) is 0 Å². The second-order valence-electron chi connectivity index (χ2n) is 5.31. The lowest BCUT2D eigenvalue weighted by Crippen LogP contribution is -2.11. The third kappa shape index (κ3) is 3.74. The highest BCUT2D eigenvalue weighted by molar-refractivity contribution is 5.68. The van der Waals surface area contributed by atoms with Gasteiger partial charge in [0.2, 0.25) is 0 Å². The molecular weight excluding hydrogens is 212 g/mol. The van der Waals surface area contributed by atoms with Gasteiger partial charge in [-0.15, -0.1) is 6.58 Å². The van der Waals surface area contributed by atoms with Gasteiger partial charge < -0.3 is 5.11 Å². The van der Waals surface area contributed by atoms with Crippen LogP contribution in [-0.2, 0) is 10.2 Å². The Morgan fingerprint density at radius 3 is 2.24 bits per heavy atom. The molecule has 0 aliphatic carbocycles. The quantitative estimate of drug-likeness (QED) is 0.803. The topological polar surface area (TPSA) is 37.3 Å². The van der Waals surface area contributed by atoms with E-state index >= 15 is 0 Å². The first-order valence-electron chi connectivity index (χ1n) is 5.79. The Morgan fingerprint density at radius 1 is 1.35 bits per heavy atom. The third-order valence-electron chi connectivity index (χ3n) is 2.88. The van der Waals surface area contributed by atoms with Crippen molar-refractivity contribution in [2.75, 3.05) is 0 Å². The van der Waals surface area contributed by atoms with Gasteiger partial charge in [0, 0.05) is 5.92 Å². The van der Waals surface area contributed by atoms with Crippen molar-refractivity contribution in [3.63, 3.8) is 0 Å². The molecule has 0 amide bonds. The van der Waals surface area contributed by atoms with Crippen LogP contribution in [0.1, 0.15) is 44.2 Å². The molecule has 0 fully saturated rings. The van der Waals surface area contributed by atoms with Gasteiger partial charge in [-0.2, -0.15) is 0 Å². The standard InChI is InChI=1S/C15H20O2/c1-5-11(10-14(16)17)12-6-8-13(9-7-12)15(2,3)4/h5-9,11H,1,10H2,2-4H3,(H,16,17). The molecule has 0 spiro atoms. The summed E-state index contributed by atoms with van der Waals surface area (Å²) in [5.41, 5.74) is 2.38. The molecule has 1 aromatic rings. The van der Waals surface area contributed by atoms with E-state index in [-0.39, 0.29) is 17.8 Å². The van der Waals surface area contributed by atoms with E-state index in [1.165, 1.54) is 5.56 Å². The minimum absolute atomic E-state index is 0.0956. The lowest BCUT2D eigenvalue weighted by Gasteiger charge is -2.20. The highest BCUT2D eigenvalue weighted by atomic mass is 16.4. The summed E-state index contributed by atoms with van der Waals surface area (Å²) in [5.74, 6) is -0.906. The van der Waals surface area contributed by atoms with Crippen LogP contribution in [-0.4, -0.2) is 11.1 Å². The summed E-state index contributed by atoms with van der Waals surface area (Å²) in [6.45, 7) is 10.2. The highest BCUT2D eigenvalue weighted by Gasteiger charge is 2.15. The van der Waals surface area contributed by atoms with Crippen molar-refractivity contribution in [1.29, 1.82) is 0 Å². The summed E-state index contributed by atoms with van der Waals surface area (Å²) in [7, 11) is 0. The lowest BCUT2D eigenvalue weighted by molar-refractivity contribution is -0.137. The molecule has 0 radical (unpaired) electrons. The van der Waals surface area contributed by atoms with Crippen LogP contribution in [0.2, 0.25) is 0 Å². The molecule has 17 heavy (non-hydrogen) atoms. The van der Waals surface area contributed by atoms with E-state index in [2.05, 4.69) is 39.5 Å². The molecule has 0 saturated heterocycles. The minimum Gasteiger partial charge on any atom is -0.481 e. The Labute approximate surface area is 103 Å². The Balaban J connectivity index is 2.93. The van der Waals surface area contributed by atoms with Gasteiger partial charge in [-0.25, -0.2) is 0 Å². The summed E-state index contributed by atoms with van der Waals surface area (Å²) >= 11 is 0. The second kappa shape index (κ2) is 5.17. The first-order chi connectivity index (χ1) is 7.84. The van der Waals surface area contributed by atoms with Gasteiger partial charge in [-0.3, -0.25) is 4.79 Å². The predicted molar refractivity (Wildman–Crippen MR) is 70.3 cm³/mol. The number of carboxylic acids is 1. The van der Waals surface area contributed by atoms with Crippen LogP contribution in [0.15, 0.2) is 36.9 Å². The number of hydrogen-bond acceptors (Lipinski definition) is 1. The van der Waals surface area contributed by atoms with Crippen molar-refractivity contribution in [2.24, 2.45) is 0 Å². The Hall–Kier alpha value is -1.57. The van der Waals surface area contributed by atoms with Crippen molar-refractivity contribution in [2.45, 2.75) is 38.5 Å². The molecule has 0 aliphatic heterocycles. The number of benzene rings is 1. The average molecular weight is 232 g/mol. The molecule has 2 heteroatoms. The van der Waals surface area contributed by atoms with E-state index in [1.54, 1.807) is 6.08 Å². The van der Waals surface area contributed by atoms with Crippen LogP contribution >= 0.6 is 0 Å². The van der Waals surface area contributed by atoms with Crippen molar-refractivity contribution in [3.05, 3.63) is 48.0 Å². The number of carbonyl (C=O) groups is 1. The zero-order valence-electron chi connectivity index (χ0n) is 10.7. The van der Waals surface area contributed by atoms with Crippen molar-refractivity contribution in [3.8, 4) is 0 Å². The first-order valence-corrected chi connectivity index (χ1v) is 5.79. The SMILES string of the molecule is C=CC(CC(=O)O)c1ccc(C(C)(C)C)cc1. The van der Waals surface area contributed by atoms with E-state index in [9.17, 15) is 4.79 Å². The molecule has 1 aromatic carbocycles. The van der Waals surface area contributed by atoms with E-state index in [1.807, 2.05) is 12.1 Å². The Bertz CT molecular complexity index is 396. The number of rotatable bonds is 4. The van der Waals surface area contributed by atoms with Gasteiger partial charge in [0.05, 0.1) is 6.42 Å². The maximum atomic E-state index is 10.7. The predicted octanol–water partition coefficient (Wildman–Crippen LogP) is 3.73. The zero-order valence-corrected chi connectivity index (χ0v) is 10.7. The van der Waals surface area contributed by atoms with E-state index < -0.39 is 5.97 Å². The van der Waals surface area contributed by atoms with Crippen molar-refractivity contribution >= 4 is 5.97 Å². The third-order valence-corrected chi connectivity index (χ3v) is 2.88. The molecule has 92 valence electrons. The summed E-state index contributed by atoms with van der Waals surface area (Å²) in [5, 5.41) is 8.81. The molecule has 0 heterocycles. The fourth-order valence-electron chi connectivity index (χ4n) is 1.76. The van der Waals surface area contributed by atoms with Gasteiger partial charge in [-0.1, -0.05) is 51.1 Å². The molecular formula is C15H20O2. The normalized spacial score (nSPS) is 13.1. The van der Waals surface area contributed by atoms with Gasteiger partial charge in [-0.05, 0) is 16.5 Å². The first kappa shape index (κ1) is 13.5. The van der Waals surface area contributed by atoms with Crippen molar-refractivity contribution < 1.29 is 9.90 Å². The summed E-state index contributed by atoms with van der Waals surface area (Å²) in [6.07, 6.45) is 1.79. The largest absolute Gasteiger partial charge is 0.481 e. The molecule has 1 atom stereocenters. The fourth-order valence-corrected chi connectivity index (χ4v) is 1.76. The van der Waals surface area contributed by atoms with E-state index in [0.717, 1.165) is 5.56 Å². The molecule has 1 rings (SSSR count). The van der Waals surface area contributed by atoms with Gasteiger partial charge in [0.25, 0.3) is 0 Å². The van der Waals surface area contributed by atoms with E-state index in [4.69, 9.17) is 5.11 Å². The Morgan fingerprint density at radius 2 is 1.88 bits per heavy atom. The molecule has 0 aliphatic rings. The molecule has 1 unspecified atom stereocenters. The van der Waals surface area contributed by atoms with Crippen LogP contribution in [0.25, 0.3) is 0 Å². The van der Waals surface area contributed by atoms with Crippen LogP contribution in [0, 0.1) is 0 Å². The van der Waals surface area contributed by atoms with Gasteiger partial charge >= 0.3 is 5.97 Å². The van der Waals surface area contributed by atoms with Crippen LogP contribution in [0.3, 0.4) is 0 Å². The van der Waals surface area contributed by atoms with Crippen LogP contribution < -0.4 is 0 Å².